The summed E-state index contributed by atoms with van der Waals surface area (Å²) >= 11 is 5.80. The lowest BCUT2D eigenvalue weighted by atomic mass is 10.1. The molecule has 0 aliphatic carbocycles. The number of benzene rings is 2. The molecule has 0 N–H and O–H groups in total. The predicted molar refractivity (Wildman–Crippen MR) is 80.6 cm³/mol. The maximum absolute atomic E-state index is 11.9. The van der Waals surface area contributed by atoms with Crippen molar-refractivity contribution in [2.75, 3.05) is 0 Å². The number of aliphatic imine (C=N–C) groups is 1. The highest BCUT2D eigenvalue weighted by molar-refractivity contribution is 6.31. The van der Waals surface area contributed by atoms with E-state index in [-0.39, 0.29) is 10.6 Å². The number of hydrogen-bond donors (Lipinski definition) is 0. The minimum atomic E-state index is -0.745. The fourth-order valence-corrected chi connectivity index (χ4v) is 2.13. The van der Waals surface area contributed by atoms with Gasteiger partial charge in [0.1, 0.15) is 0 Å². The molecule has 5 nitrogen and oxygen atoms in total. The third-order valence-corrected chi connectivity index (χ3v) is 3.19. The Kier molecular flexibility index (Phi) is 4.55. The first kappa shape index (κ1) is 15.0. The van der Waals surface area contributed by atoms with Crippen LogP contribution in [0.5, 0.6) is 5.75 Å². The molecule has 0 saturated heterocycles. The third kappa shape index (κ3) is 3.38. The Labute approximate surface area is 126 Å². The topological polar surface area (TPSA) is 78.6 Å². The molecule has 2 aromatic rings. The molecule has 0 unspecified atom stereocenters. The molecule has 0 saturated carbocycles. The molecule has 2 rings (SSSR count). The number of hydrogen-bond acceptors (Lipinski definition) is 4. The summed E-state index contributed by atoms with van der Waals surface area (Å²) in [6.07, 6.45) is 2.11. The Morgan fingerprint density at radius 2 is 2.05 bits per heavy atom. The van der Waals surface area contributed by atoms with Crippen LogP contribution in [0.3, 0.4) is 0 Å². The number of halogens is 1. The van der Waals surface area contributed by atoms with Crippen LogP contribution in [0.4, 0.5) is 11.4 Å². The fraction of sp³-hybridized carbons (Fsp3) is 0.133. The number of nitro groups is 1. The second-order valence-electron chi connectivity index (χ2n) is 4.34. The molecule has 0 aliphatic heterocycles. The molecule has 0 radical (unpaired) electrons. The van der Waals surface area contributed by atoms with E-state index in [0.717, 1.165) is 23.7 Å². The van der Waals surface area contributed by atoms with Crippen LogP contribution in [0.15, 0.2) is 41.4 Å². The molecule has 21 heavy (non-hydrogen) atoms. The summed E-state index contributed by atoms with van der Waals surface area (Å²) in [5.74, 6) is -0.692. The van der Waals surface area contributed by atoms with E-state index < -0.39 is 16.4 Å². The maximum atomic E-state index is 11.9. The minimum absolute atomic E-state index is 0.0973. The SMILES string of the molecule is CCc1ccccc1N=Cc1cc(Cl)cc([N+](=O)[O-])c1[O-]. The van der Waals surface area contributed by atoms with Gasteiger partial charge in [0.2, 0.25) is 0 Å². The van der Waals surface area contributed by atoms with Gasteiger partial charge in [0, 0.05) is 17.3 Å². The summed E-state index contributed by atoms with van der Waals surface area (Å²) in [6.45, 7) is 2.00. The monoisotopic (exact) mass is 303 g/mol. The Morgan fingerprint density at radius 3 is 2.71 bits per heavy atom. The number of nitro benzene ring substituents is 1. The summed E-state index contributed by atoms with van der Waals surface area (Å²) in [4.78, 5) is 14.3. The molecule has 0 atom stereocenters. The average molecular weight is 304 g/mol. The van der Waals surface area contributed by atoms with Crippen molar-refractivity contribution in [2.24, 2.45) is 4.99 Å². The minimum Gasteiger partial charge on any atom is -0.867 e. The zero-order valence-electron chi connectivity index (χ0n) is 11.2. The van der Waals surface area contributed by atoms with Crippen molar-refractivity contribution in [1.29, 1.82) is 0 Å². The number of aryl methyl sites for hydroxylation is 1. The molecular formula is C15H12ClN2O3-. The van der Waals surface area contributed by atoms with E-state index in [9.17, 15) is 15.2 Å². The molecule has 6 heteroatoms. The number of nitrogens with zero attached hydrogens (tertiary/aromatic N) is 2. The molecule has 0 aromatic heterocycles. The predicted octanol–water partition coefficient (Wildman–Crippen LogP) is 3.63. The van der Waals surface area contributed by atoms with Gasteiger partial charge in [-0.05, 0) is 35.4 Å². The van der Waals surface area contributed by atoms with E-state index in [1.807, 2.05) is 31.2 Å². The summed E-state index contributed by atoms with van der Waals surface area (Å²) < 4.78 is 0. The average Bonchev–Trinajstić information content (AvgIpc) is 2.47. The van der Waals surface area contributed by atoms with E-state index in [4.69, 9.17) is 11.6 Å². The Bertz CT molecular complexity index is 714. The zero-order chi connectivity index (χ0) is 15.4. The highest BCUT2D eigenvalue weighted by atomic mass is 35.5. The van der Waals surface area contributed by atoms with Crippen molar-refractivity contribution in [3.63, 3.8) is 0 Å². The van der Waals surface area contributed by atoms with Gasteiger partial charge in [0.15, 0.2) is 0 Å². The first-order valence-electron chi connectivity index (χ1n) is 6.30. The lowest BCUT2D eigenvalue weighted by Crippen LogP contribution is -2.02. The first-order chi connectivity index (χ1) is 10.0. The van der Waals surface area contributed by atoms with Crippen molar-refractivity contribution >= 4 is 29.2 Å². The summed E-state index contributed by atoms with van der Waals surface area (Å²) in [6, 6.07) is 9.91. The van der Waals surface area contributed by atoms with Crippen LogP contribution < -0.4 is 5.11 Å². The van der Waals surface area contributed by atoms with Gasteiger partial charge in [-0.3, -0.25) is 15.1 Å². The van der Waals surface area contributed by atoms with Crippen LogP contribution in [0.1, 0.15) is 18.1 Å². The lowest BCUT2D eigenvalue weighted by Gasteiger charge is -2.11. The zero-order valence-corrected chi connectivity index (χ0v) is 12.0. The van der Waals surface area contributed by atoms with Crippen LogP contribution in [-0.4, -0.2) is 11.1 Å². The van der Waals surface area contributed by atoms with E-state index in [1.165, 1.54) is 12.3 Å². The van der Waals surface area contributed by atoms with Gasteiger partial charge in [0.25, 0.3) is 5.69 Å². The third-order valence-electron chi connectivity index (χ3n) is 2.97. The Balaban J connectivity index is 2.44. The number of para-hydroxylation sites is 1. The Morgan fingerprint density at radius 1 is 1.33 bits per heavy atom. The highest BCUT2D eigenvalue weighted by Crippen LogP contribution is 2.30. The molecular weight excluding hydrogens is 292 g/mol. The summed E-state index contributed by atoms with van der Waals surface area (Å²) in [7, 11) is 0. The fourth-order valence-electron chi connectivity index (χ4n) is 1.91. The van der Waals surface area contributed by atoms with Crippen LogP contribution in [0.2, 0.25) is 5.02 Å². The van der Waals surface area contributed by atoms with Crippen LogP contribution in [0.25, 0.3) is 0 Å². The lowest BCUT2D eigenvalue weighted by molar-refractivity contribution is -0.398. The van der Waals surface area contributed by atoms with Gasteiger partial charge >= 0.3 is 0 Å². The van der Waals surface area contributed by atoms with Gasteiger partial charge in [-0.15, -0.1) is 0 Å². The molecule has 108 valence electrons. The Hall–Kier alpha value is -2.40. The molecule has 0 heterocycles. The smallest absolute Gasteiger partial charge is 0.263 e. The van der Waals surface area contributed by atoms with Gasteiger partial charge in [0.05, 0.1) is 10.6 Å². The maximum Gasteiger partial charge on any atom is 0.263 e. The van der Waals surface area contributed by atoms with Gasteiger partial charge in [-0.1, -0.05) is 36.7 Å². The normalized spacial score (nSPS) is 11.0. The number of rotatable bonds is 4. The van der Waals surface area contributed by atoms with Crippen molar-refractivity contribution in [3.8, 4) is 5.75 Å². The van der Waals surface area contributed by atoms with E-state index in [0.29, 0.717) is 0 Å². The van der Waals surface area contributed by atoms with Gasteiger partial charge in [-0.25, -0.2) is 0 Å². The molecule has 0 aliphatic rings. The molecule has 0 bridgehead atoms. The van der Waals surface area contributed by atoms with Gasteiger partial charge < -0.3 is 5.11 Å². The van der Waals surface area contributed by atoms with Crippen LogP contribution in [-0.2, 0) is 6.42 Å². The molecule has 0 fully saturated rings. The van der Waals surface area contributed by atoms with E-state index in [2.05, 4.69) is 4.99 Å². The summed E-state index contributed by atoms with van der Waals surface area (Å²) in [5.41, 5.74) is 1.30. The van der Waals surface area contributed by atoms with Crippen molar-refractivity contribution < 1.29 is 10.0 Å². The standard InChI is InChI=1S/C15H13ClN2O3/c1-2-10-5-3-4-6-13(10)17-9-11-7-12(16)8-14(15(11)19)18(20)21/h3-9,19H,2H2,1H3/p-1. The quantitative estimate of drug-likeness (QED) is 0.491. The second kappa shape index (κ2) is 6.37. The second-order valence-corrected chi connectivity index (χ2v) is 4.78. The van der Waals surface area contributed by atoms with Crippen molar-refractivity contribution in [2.45, 2.75) is 13.3 Å². The summed E-state index contributed by atoms with van der Waals surface area (Å²) in [5, 5.41) is 22.9. The molecule has 0 amide bonds. The van der Waals surface area contributed by atoms with Crippen molar-refractivity contribution in [3.05, 3.63) is 62.7 Å². The van der Waals surface area contributed by atoms with E-state index in [1.54, 1.807) is 0 Å². The molecule has 0 spiro atoms. The van der Waals surface area contributed by atoms with Crippen LogP contribution in [0, 0.1) is 10.1 Å². The van der Waals surface area contributed by atoms with Crippen molar-refractivity contribution in [1.82, 2.24) is 0 Å². The highest BCUT2D eigenvalue weighted by Gasteiger charge is 2.11. The van der Waals surface area contributed by atoms with Crippen LogP contribution >= 0.6 is 11.6 Å². The first-order valence-corrected chi connectivity index (χ1v) is 6.67. The van der Waals surface area contributed by atoms with E-state index >= 15 is 0 Å². The molecule has 2 aromatic carbocycles. The largest absolute Gasteiger partial charge is 0.867 e. The van der Waals surface area contributed by atoms with Gasteiger partial charge in [-0.2, -0.15) is 0 Å².